The van der Waals surface area contributed by atoms with Crippen LogP contribution < -0.4 is 10.4 Å². The van der Waals surface area contributed by atoms with Gasteiger partial charge in [-0.05, 0) is 6.07 Å². The summed E-state index contributed by atoms with van der Waals surface area (Å²) in [5.41, 5.74) is -0.125. The number of hydrogen-bond acceptors (Lipinski definition) is 7. The highest BCUT2D eigenvalue weighted by atomic mass is 16.6. The number of nitrogens with zero attached hydrogens (tertiary/aromatic N) is 3. The maximum Gasteiger partial charge on any atom is 0.283 e. The highest BCUT2D eigenvalue weighted by molar-refractivity contribution is 5.99. The molecule has 3 N–H and O–H groups in total. The summed E-state index contributed by atoms with van der Waals surface area (Å²) in [7, 11) is 0. The molecule has 28 heavy (non-hydrogen) atoms. The Morgan fingerprint density at radius 3 is 2.68 bits per heavy atom. The van der Waals surface area contributed by atoms with E-state index < -0.39 is 34.9 Å². The van der Waals surface area contributed by atoms with Crippen LogP contribution in [0, 0.1) is 10.1 Å². The summed E-state index contributed by atoms with van der Waals surface area (Å²) in [4.78, 5) is 36.5. The Balaban J connectivity index is 1.73. The molecule has 0 aliphatic heterocycles. The summed E-state index contributed by atoms with van der Waals surface area (Å²) in [6, 6.07) is 9.34. The largest absolute Gasteiger partial charge is 0.872 e. The number of fused-ring (bicyclic) bond motifs is 1. The van der Waals surface area contributed by atoms with Gasteiger partial charge in [-0.25, -0.2) is 0 Å². The minimum absolute atomic E-state index is 0.117. The lowest BCUT2D eigenvalue weighted by Gasteiger charge is -2.11. The number of carbonyl (C=O) groups excluding carboxylic acids is 2. The molecule has 0 fully saturated rings. The predicted molar refractivity (Wildman–Crippen MR) is 94.4 cm³/mol. The molecule has 1 heterocycles. The van der Waals surface area contributed by atoms with E-state index in [9.17, 15) is 29.9 Å². The van der Waals surface area contributed by atoms with Crippen LogP contribution in [-0.2, 0) is 4.79 Å². The van der Waals surface area contributed by atoms with Gasteiger partial charge in [0.25, 0.3) is 17.5 Å². The van der Waals surface area contributed by atoms with Gasteiger partial charge in [-0.3, -0.25) is 19.7 Å². The average molecular weight is 382 g/mol. The number of para-hydroxylation sites is 1. The smallest absolute Gasteiger partial charge is 0.283 e. The van der Waals surface area contributed by atoms with Gasteiger partial charge in [-0.1, -0.05) is 30.0 Å². The second kappa shape index (κ2) is 7.53. The number of benzene rings is 2. The summed E-state index contributed by atoms with van der Waals surface area (Å²) >= 11 is 0. The molecule has 11 heteroatoms. The number of amides is 2. The number of H-pyrrole nitrogens is 1. The van der Waals surface area contributed by atoms with Crippen molar-refractivity contribution in [1.29, 1.82) is 0 Å². The van der Waals surface area contributed by atoms with Gasteiger partial charge < -0.3 is 20.5 Å². The van der Waals surface area contributed by atoms with Crippen molar-refractivity contribution in [2.75, 3.05) is 6.54 Å². The molecule has 3 aromatic rings. The molecule has 0 aliphatic rings. The first-order chi connectivity index (χ1) is 13.4. The number of nitro groups is 1. The van der Waals surface area contributed by atoms with E-state index in [1.807, 2.05) is 0 Å². The molecular formula is C17H12N5O6-. The zero-order valence-electron chi connectivity index (χ0n) is 14.1. The van der Waals surface area contributed by atoms with E-state index in [1.54, 1.807) is 0 Å². The van der Waals surface area contributed by atoms with Crippen molar-refractivity contribution in [3.63, 3.8) is 0 Å². The van der Waals surface area contributed by atoms with Crippen LogP contribution in [0.2, 0.25) is 0 Å². The third kappa shape index (κ3) is 3.77. The van der Waals surface area contributed by atoms with Gasteiger partial charge in [0.1, 0.15) is 6.54 Å². The minimum Gasteiger partial charge on any atom is -0.872 e. The molecule has 2 aromatic carbocycles. The summed E-state index contributed by atoms with van der Waals surface area (Å²) in [5, 5.41) is 41.8. The van der Waals surface area contributed by atoms with E-state index in [-0.39, 0.29) is 22.3 Å². The SMILES string of the molecule is O=C(CNC(=O)c1ccccc1[O-])N=Nc1c(O)[nH]c2ccc([N+](=O)[O-])cc12. The van der Waals surface area contributed by atoms with Gasteiger partial charge in [0.2, 0.25) is 5.88 Å². The van der Waals surface area contributed by atoms with Gasteiger partial charge in [-0.15, -0.1) is 10.2 Å². The first-order valence-electron chi connectivity index (χ1n) is 7.84. The van der Waals surface area contributed by atoms with Crippen LogP contribution in [0.1, 0.15) is 10.4 Å². The Morgan fingerprint density at radius 2 is 1.96 bits per heavy atom. The molecule has 0 spiro atoms. The topological polar surface area (TPSA) is 173 Å². The van der Waals surface area contributed by atoms with Gasteiger partial charge in [0.15, 0.2) is 5.69 Å². The normalized spacial score (nSPS) is 11.0. The second-order valence-electron chi connectivity index (χ2n) is 5.58. The van der Waals surface area contributed by atoms with Crippen LogP contribution in [-0.4, -0.2) is 33.4 Å². The number of non-ortho nitro benzene ring substituents is 1. The Bertz CT molecular complexity index is 1120. The molecule has 0 atom stereocenters. The maximum absolute atomic E-state index is 11.9. The highest BCUT2D eigenvalue weighted by Gasteiger charge is 2.15. The van der Waals surface area contributed by atoms with E-state index in [4.69, 9.17) is 0 Å². The van der Waals surface area contributed by atoms with E-state index in [1.165, 1.54) is 42.5 Å². The number of nitro benzene ring substituents is 1. The molecule has 0 radical (unpaired) electrons. The summed E-state index contributed by atoms with van der Waals surface area (Å²) in [6.45, 7) is -0.528. The predicted octanol–water partition coefficient (Wildman–Crippen LogP) is 1.90. The van der Waals surface area contributed by atoms with Gasteiger partial charge in [0, 0.05) is 23.1 Å². The molecule has 0 bridgehead atoms. The molecular weight excluding hydrogens is 370 g/mol. The van der Waals surface area contributed by atoms with Crippen molar-refractivity contribution >= 4 is 34.1 Å². The summed E-state index contributed by atoms with van der Waals surface area (Å²) < 4.78 is 0. The lowest BCUT2D eigenvalue weighted by molar-refractivity contribution is -0.384. The zero-order chi connectivity index (χ0) is 20.3. The fourth-order valence-corrected chi connectivity index (χ4v) is 2.41. The zero-order valence-corrected chi connectivity index (χ0v) is 14.1. The Kier molecular flexibility index (Phi) is 4.98. The molecule has 3 rings (SSSR count). The molecule has 2 amide bonds. The molecule has 0 aliphatic carbocycles. The summed E-state index contributed by atoms with van der Waals surface area (Å²) in [5.74, 6) is -2.49. The number of carbonyl (C=O) groups is 2. The third-order valence-electron chi connectivity index (χ3n) is 3.74. The molecule has 142 valence electrons. The Labute approximate surface area is 156 Å². The van der Waals surface area contributed by atoms with Crippen molar-refractivity contribution < 1.29 is 24.7 Å². The quantitative estimate of drug-likeness (QED) is 0.345. The van der Waals surface area contributed by atoms with Gasteiger partial charge in [0.05, 0.1) is 10.4 Å². The van der Waals surface area contributed by atoms with Crippen LogP contribution in [0.15, 0.2) is 52.7 Å². The van der Waals surface area contributed by atoms with Crippen LogP contribution in [0.3, 0.4) is 0 Å². The number of hydrogen-bond donors (Lipinski definition) is 3. The number of aromatic hydroxyl groups is 1. The first-order valence-corrected chi connectivity index (χ1v) is 7.84. The van der Waals surface area contributed by atoms with Crippen molar-refractivity contribution in [3.8, 4) is 11.6 Å². The summed E-state index contributed by atoms with van der Waals surface area (Å²) in [6.07, 6.45) is 0. The van der Waals surface area contributed by atoms with Crippen molar-refractivity contribution in [2.24, 2.45) is 10.2 Å². The lowest BCUT2D eigenvalue weighted by Crippen LogP contribution is -2.29. The fourth-order valence-electron chi connectivity index (χ4n) is 2.41. The molecule has 0 saturated carbocycles. The van der Waals surface area contributed by atoms with Crippen LogP contribution in [0.5, 0.6) is 11.6 Å². The molecule has 1 aromatic heterocycles. The Hall–Kier alpha value is -4.28. The van der Waals surface area contributed by atoms with E-state index in [2.05, 4.69) is 20.5 Å². The van der Waals surface area contributed by atoms with Crippen LogP contribution >= 0.6 is 0 Å². The third-order valence-corrected chi connectivity index (χ3v) is 3.74. The fraction of sp³-hybridized carbons (Fsp3) is 0.0588. The monoisotopic (exact) mass is 382 g/mol. The van der Waals surface area contributed by atoms with E-state index >= 15 is 0 Å². The van der Waals surface area contributed by atoms with Crippen molar-refractivity contribution in [2.45, 2.75) is 0 Å². The maximum atomic E-state index is 11.9. The number of nitrogens with one attached hydrogen (secondary N) is 2. The van der Waals surface area contributed by atoms with Crippen molar-refractivity contribution in [3.05, 3.63) is 58.1 Å². The number of aromatic amines is 1. The second-order valence-corrected chi connectivity index (χ2v) is 5.58. The van der Waals surface area contributed by atoms with E-state index in [0.717, 1.165) is 0 Å². The molecule has 0 saturated heterocycles. The Morgan fingerprint density at radius 1 is 1.21 bits per heavy atom. The number of azo groups is 1. The number of rotatable bonds is 5. The highest BCUT2D eigenvalue weighted by Crippen LogP contribution is 2.37. The minimum atomic E-state index is -0.851. The van der Waals surface area contributed by atoms with Gasteiger partial charge in [-0.2, -0.15) is 0 Å². The first kappa shape index (κ1) is 18.5. The molecule has 0 unspecified atom stereocenters. The van der Waals surface area contributed by atoms with E-state index in [0.29, 0.717) is 5.52 Å². The van der Waals surface area contributed by atoms with Crippen LogP contribution in [0.25, 0.3) is 10.9 Å². The standard InChI is InChI=1S/C17H13N5O6/c23-13-4-2-1-3-10(13)16(25)18-8-14(24)20-21-15-11-7-9(22(27)28)5-6-12(11)19-17(15)26/h1-7,19,23,26H,8H2,(H,18,25)/p-1. The number of aromatic nitrogens is 1. The van der Waals surface area contributed by atoms with Gasteiger partial charge >= 0.3 is 0 Å². The average Bonchev–Trinajstić information content (AvgIpc) is 2.99. The molecule has 11 nitrogen and oxygen atoms in total. The lowest BCUT2D eigenvalue weighted by atomic mass is 10.2. The van der Waals surface area contributed by atoms with Crippen molar-refractivity contribution in [1.82, 2.24) is 10.3 Å². The van der Waals surface area contributed by atoms with Crippen LogP contribution in [0.4, 0.5) is 11.4 Å².